The van der Waals surface area contributed by atoms with Crippen LogP contribution in [0.5, 0.6) is 11.5 Å². The van der Waals surface area contributed by atoms with E-state index in [0.717, 1.165) is 5.56 Å². The van der Waals surface area contributed by atoms with E-state index in [4.69, 9.17) is 9.47 Å². The van der Waals surface area contributed by atoms with Crippen LogP contribution in [0.1, 0.15) is 24.0 Å². The molecule has 1 aromatic carbocycles. The second kappa shape index (κ2) is 10.2. The molecule has 0 amide bonds. The molecule has 2 aliphatic rings. The maximum atomic E-state index is 12.7. The number of methoxy groups -OCH3 is 1. The summed E-state index contributed by atoms with van der Waals surface area (Å²) >= 11 is 0. The Morgan fingerprint density at radius 3 is 2.69 bits per heavy atom. The van der Waals surface area contributed by atoms with Crippen LogP contribution in [0.3, 0.4) is 0 Å². The molecule has 4 rings (SSSR count). The quantitative estimate of drug-likeness (QED) is 0.240. The molecule has 188 valence electrons. The first-order chi connectivity index (χ1) is 17.4. The fourth-order valence-corrected chi connectivity index (χ4v) is 5.77. The van der Waals surface area contributed by atoms with Crippen LogP contribution in [-0.2, 0) is 5.60 Å². The number of allylic oxidation sites excluding steroid dienone is 3. The maximum absolute atomic E-state index is 12.7. The lowest BCUT2D eigenvalue weighted by atomic mass is 9.70. The van der Waals surface area contributed by atoms with Crippen molar-refractivity contribution >= 4 is 0 Å². The predicted octanol–water partition coefficient (Wildman–Crippen LogP) is 2.35. The van der Waals surface area contributed by atoms with Gasteiger partial charge in [-0.05, 0) is 24.1 Å². The van der Waals surface area contributed by atoms with E-state index in [9.17, 15) is 20.6 Å². The zero-order valence-electron chi connectivity index (χ0n) is 20.4. The SMILES string of the molecule is C=C(C#N)/C=C\C(=C/C)C12Oc3cncc(OC)c3[C@]1(O)[C@H](O)[C@H](CNCCO)[C@H]2c1ccccc1. The van der Waals surface area contributed by atoms with Gasteiger partial charge in [-0.3, -0.25) is 4.98 Å². The summed E-state index contributed by atoms with van der Waals surface area (Å²) in [5.74, 6) is -0.441. The molecule has 1 aliphatic carbocycles. The summed E-state index contributed by atoms with van der Waals surface area (Å²) in [4.78, 5) is 4.21. The first kappa shape index (κ1) is 25.6. The number of pyridine rings is 1. The van der Waals surface area contributed by atoms with Crippen LogP contribution in [0, 0.1) is 17.2 Å². The van der Waals surface area contributed by atoms with Crippen LogP contribution < -0.4 is 14.8 Å². The molecule has 2 heterocycles. The highest BCUT2D eigenvalue weighted by molar-refractivity contribution is 5.62. The van der Waals surface area contributed by atoms with Crippen molar-refractivity contribution in [2.24, 2.45) is 5.92 Å². The molecule has 4 N–H and O–H groups in total. The van der Waals surface area contributed by atoms with Crippen molar-refractivity contribution in [1.29, 1.82) is 5.26 Å². The van der Waals surface area contributed by atoms with Crippen molar-refractivity contribution < 1.29 is 24.8 Å². The van der Waals surface area contributed by atoms with Gasteiger partial charge in [0.15, 0.2) is 11.2 Å². The number of hydrogen-bond acceptors (Lipinski definition) is 8. The minimum absolute atomic E-state index is 0.0633. The number of aliphatic hydroxyl groups is 3. The maximum Gasteiger partial charge on any atom is 0.176 e. The topological polar surface area (TPSA) is 128 Å². The molecular weight excluding hydrogens is 458 g/mol. The Hall–Kier alpha value is -3.48. The number of nitriles is 1. The molecule has 8 heteroatoms. The van der Waals surface area contributed by atoms with Crippen molar-refractivity contribution in [3.05, 3.63) is 89.8 Å². The Labute approximate surface area is 210 Å². The van der Waals surface area contributed by atoms with E-state index in [0.29, 0.717) is 35.7 Å². The molecule has 1 saturated carbocycles. The third kappa shape index (κ3) is 3.72. The number of fused-ring (bicyclic) bond motifs is 3. The molecule has 36 heavy (non-hydrogen) atoms. The number of nitrogens with zero attached hydrogens (tertiary/aromatic N) is 2. The summed E-state index contributed by atoms with van der Waals surface area (Å²) in [5.41, 5.74) is -1.43. The number of hydrogen-bond donors (Lipinski definition) is 4. The molecule has 0 spiro atoms. The molecule has 5 atom stereocenters. The van der Waals surface area contributed by atoms with E-state index in [1.165, 1.54) is 19.5 Å². The van der Waals surface area contributed by atoms with Gasteiger partial charge < -0.3 is 30.1 Å². The van der Waals surface area contributed by atoms with Crippen LogP contribution in [0.4, 0.5) is 0 Å². The fraction of sp³-hybridized carbons (Fsp3) is 0.357. The average Bonchev–Trinajstić information content (AvgIpc) is 3.27. The third-order valence-corrected chi connectivity index (χ3v) is 7.19. The zero-order valence-corrected chi connectivity index (χ0v) is 20.4. The number of aromatic nitrogens is 1. The van der Waals surface area contributed by atoms with Gasteiger partial charge in [0.1, 0.15) is 11.5 Å². The molecule has 0 radical (unpaired) electrons. The Bertz CT molecular complexity index is 1220. The number of benzene rings is 1. The van der Waals surface area contributed by atoms with Gasteiger partial charge in [0.25, 0.3) is 0 Å². The van der Waals surface area contributed by atoms with Crippen molar-refractivity contribution in [1.82, 2.24) is 10.3 Å². The Kier molecular flexibility index (Phi) is 7.29. The summed E-state index contributed by atoms with van der Waals surface area (Å²) in [5, 5.41) is 46.4. The molecule has 2 aromatic rings. The molecule has 8 nitrogen and oxygen atoms in total. The lowest BCUT2D eigenvalue weighted by Crippen LogP contribution is -2.55. The highest BCUT2D eigenvalue weighted by Crippen LogP contribution is 2.67. The first-order valence-electron chi connectivity index (χ1n) is 11.8. The van der Waals surface area contributed by atoms with Crippen molar-refractivity contribution in [3.8, 4) is 17.6 Å². The number of rotatable bonds is 9. The van der Waals surface area contributed by atoms with Gasteiger partial charge in [-0.1, -0.05) is 49.1 Å². The van der Waals surface area contributed by atoms with E-state index in [-0.39, 0.29) is 12.2 Å². The van der Waals surface area contributed by atoms with E-state index < -0.39 is 29.1 Å². The van der Waals surface area contributed by atoms with Gasteiger partial charge in [-0.2, -0.15) is 5.26 Å². The van der Waals surface area contributed by atoms with Gasteiger partial charge in [-0.25, -0.2) is 0 Å². The summed E-state index contributed by atoms with van der Waals surface area (Å²) in [7, 11) is 1.48. The van der Waals surface area contributed by atoms with Crippen LogP contribution in [-0.4, -0.2) is 58.8 Å². The standard InChI is InChI=1S/C28H31N3O5/c1-4-20(11-10-18(2)14-29)28-24(19-8-6-5-7-9-19)21(15-30-12-13-32)26(33)27(28,34)25-22(35-3)16-31-17-23(25)36-28/h4-11,16-17,21,24,26,30,32-34H,2,12-13,15H2,1,3H3/b11-10-,20-4+/t21-,24-,26-,27+,28?/m1/s1. The number of nitrogens with one attached hydrogen (secondary N) is 1. The lowest BCUT2D eigenvalue weighted by Gasteiger charge is -2.41. The Morgan fingerprint density at radius 2 is 2.06 bits per heavy atom. The smallest absolute Gasteiger partial charge is 0.176 e. The molecule has 0 saturated heterocycles. The summed E-state index contributed by atoms with van der Waals surface area (Å²) < 4.78 is 12.3. The van der Waals surface area contributed by atoms with Crippen LogP contribution >= 0.6 is 0 Å². The zero-order chi connectivity index (χ0) is 25.9. The van der Waals surface area contributed by atoms with Crippen molar-refractivity contribution in [2.45, 2.75) is 30.1 Å². The molecule has 1 unspecified atom stereocenters. The number of ether oxygens (including phenoxy) is 2. The summed E-state index contributed by atoms with van der Waals surface area (Å²) in [6, 6.07) is 11.6. The van der Waals surface area contributed by atoms with Crippen LogP contribution in [0.15, 0.2) is 78.7 Å². The Morgan fingerprint density at radius 1 is 1.31 bits per heavy atom. The van der Waals surface area contributed by atoms with Gasteiger partial charge >= 0.3 is 0 Å². The minimum Gasteiger partial charge on any atom is -0.495 e. The van der Waals surface area contributed by atoms with E-state index in [1.807, 2.05) is 49.4 Å². The van der Waals surface area contributed by atoms with E-state index in [2.05, 4.69) is 16.9 Å². The minimum atomic E-state index is -1.93. The monoisotopic (exact) mass is 489 g/mol. The lowest BCUT2D eigenvalue weighted by molar-refractivity contribution is -0.130. The molecule has 1 aromatic heterocycles. The van der Waals surface area contributed by atoms with E-state index in [1.54, 1.807) is 12.2 Å². The van der Waals surface area contributed by atoms with Crippen LogP contribution in [0.25, 0.3) is 0 Å². The average molecular weight is 490 g/mol. The molecule has 1 fully saturated rings. The molecular formula is C28H31N3O5. The predicted molar refractivity (Wildman–Crippen MR) is 134 cm³/mol. The fourth-order valence-electron chi connectivity index (χ4n) is 5.77. The highest BCUT2D eigenvalue weighted by atomic mass is 16.5. The highest BCUT2D eigenvalue weighted by Gasteiger charge is 2.76. The van der Waals surface area contributed by atoms with E-state index >= 15 is 0 Å². The van der Waals surface area contributed by atoms with Crippen molar-refractivity contribution in [3.63, 3.8) is 0 Å². The first-order valence-corrected chi connectivity index (χ1v) is 11.8. The largest absolute Gasteiger partial charge is 0.495 e. The summed E-state index contributed by atoms with van der Waals surface area (Å²) in [6.45, 7) is 6.13. The van der Waals surface area contributed by atoms with Gasteiger partial charge in [-0.15, -0.1) is 0 Å². The summed E-state index contributed by atoms with van der Waals surface area (Å²) in [6.07, 6.45) is 6.79. The third-order valence-electron chi connectivity index (χ3n) is 7.19. The van der Waals surface area contributed by atoms with Gasteiger partial charge in [0, 0.05) is 30.5 Å². The van der Waals surface area contributed by atoms with Gasteiger partial charge in [0.05, 0.1) is 43.8 Å². The molecule has 1 aliphatic heterocycles. The van der Waals surface area contributed by atoms with Crippen LogP contribution in [0.2, 0.25) is 0 Å². The van der Waals surface area contributed by atoms with Crippen molar-refractivity contribution in [2.75, 3.05) is 26.8 Å². The Balaban J connectivity index is 2.03. The second-order valence-corrected chi connectivity index (χ2v) is 8.96. The number of aliphatic hydroxyl groups excluding tert-OH is 2. The molecule has 0 bridgehead atoms. The van der Waals surface area contributed by atoms with Gasteiger partial charge in [0.2, 0.25) is 0 Å². The normalized spacial score (nSPS) is 28.9. The second-order valence-electron chi connectivity index (χ2n) is 8.96.